The predicted octanol–water partition coefficient (Wildman–Crippen LogP) is 2.21. The van der Waals surface area contributed by atoms with Crippen molar-refractivity contribution in [1.29, 1.82) is 0 Å². The zero-order valence-corrected chi connectivity index (χ0v) is 21.5. The number of nitrogens with zero attached hydrogens (tertiary/aromatic N) is 5. The summed E-state index contributed by atoms with van der Waals surface area (Å²) in [5.74, 6) is 1.60. The van der Waals surface area contributed by atoms with Gasteiger partial charge in [-0.15, -0.1) is 10.2 Å². The molecule has 1 aromatic rings. The van der Waals surface area contributed by atoms with Gasteiger partial charge in [0.15, 0.2) is 15.0 Å². The molecule has 9 nitrogen and oxygen atoms in total. The second kappa shape index (κ2) is 10.9. The number of amides is 1. The Bertz CT molecular complexity index is 908. The van der Waals surface area contributed by atoms with Gasteiger partial charge in [0, 0.05) is 32.3 Å². The minimum Gasteiger partial charge on any atom is -0.376 e. The van der Waals surface area contributed by atoms with Gasteiger partial charge < -0.3 is 14.5 Å². The van der Waals surface area contributed by atoms with Crippen LogP contribution in [-0.2, 0) is 25.9 Å². The fraction of sp³-hybridized carbons (Fsp3) is 0.864. The number of hydrogen-bond donors (Lipinski definition) is 0. The van der Waals surface area contributed by atoms with Crippen molar-refractivity contribution in [3.8, 4) is 0 Å². The van der Waals surface area contributed by atoms with Gasteiger partial charge >= 0.3 is 0 Å². The number of ether oxygens (including phenoxy) is 1. The fourth-order valence-corrected chi connectivity index (χ4v) is 7.51. The molecule has 0 spiro atoms. The number of anilines is 1. The molecule has 3 saturated heterocycles. The molecular weight excluding hydrogens is 462 g/mol. The number of aromatic nitrogens is 3. The van der Waals surface area contributed by atoms with Crippen molar-refractivity contribution in [2.75, 3.05) is 48.4 Å². The molecule has 33 heavy (non-hydrogen) atoms. The van der Waals surface area contributed by atoms with E-state index < -0.39 is 9.84 Å². The van der Waals surface area contributed by atoms with E-state index in [0.29, 0.717) is 19.5 Å². The van der Waals surface area contributed by atoms with Crippen LogP contribution < -0.4 is 4.90 Å². The minimum atomic E-state index is -3.05. The molecule has 3 aliphatic heterocycles. The number of rotatable bonds is 9. The summed E-state index contributed by atoms with van der Waals surface area (Å²) in [7, 11) is -3.05. The number of hydrogen-bond acceptors (Lipinski definition) is 8. The Labute approximate surface area is 201 Å². The quantitative estimate of drug-likeness (QED) is 0.477. The predicted molar refractivity (Wildman–Crippen MR) is 129 cm³/mol. The first kappa shape index (κ1) is 24.8. The van der Waals surface area contributed by atoms with Crippen molar-refractivity contribution in [3.63, 3.8) is 0 Å². The molecule has 0 aliphatic carbocycles. The molecule has 2 atom stereocenters. The van der Waals surface area contributed by atoms with Crippen LogP contribution in [0.15, 0.2) is 5.16 Å². The van der Waals surface area contributed by atoms with Crippen molar-refractivity contribution >= 4 is 33.5 Å². The van der Waals surface area contributed by atoms with Crippen molar-refractivity contribution < 1.29 is 17.9 Å². The Balaban J connectivity index is 1.47. The molecule has 4 heterocycles. The Hall–Kier alpha value is -1.33. The molecule has 11 heteroatoms. The smallest absolute Gasteiger partial charge is 0.233 e. The monoisotopic (exact) mass is 499 g/mol. The van der Waals surface area contributed by atoms with Gasteiger partial charge in [-0.05, 0) is 44.4 Å². The number of thioether (sulfide) groups is 1. The molecular formula is C22H37N5O4S2. The SMILES string of the molecule is CC(C)CN(C(=O)CSc1nnc(N2CCCCC2)n1CC1CCCO1)C1CCS(=O)(=O)C1. The van der Waals surface area contributed by atoms with Crippen molar-refractivity contribution in [2.24, 2.45) is 5.92 Å². The Morgan fingerprint density at radius 1 is 1.18 bits per heavy atom. The molecule has 4 rings (SSSR count). The van der Waals surface area contributed by atoms with Crippen LogP contribution in [0.3, 0.4) is 0 Å². The minimum absolute atomic E-state index is 0.0259. The van der Waals surface area contributed by atoms with Crippen molar-refractivity contribution in [2.45, 2.75) is 76.2 Å². The summed E-state index contributed by atoms with van der Waals surface area (Å²) in [6.07, 6.45) is 6.33. The average molecular weight is 500 g/mol. The van der Waals surface area contributed by atoms with Crippen molar-refractivity contribution in [3.05, 3.63) is 0 Å². The maximum Gasteiger partial charge on any atom is 0.233 e. The van der Waals surface area contributed by atoms with Crippen LogP contribution in [0.2, 0.25) is 0 Å². The number of carbonyl (C=O) groups excluding carboxylic acids is 1. The van der Waals surface area contributed by atoms with Crippen LogP contribution in [0.4, 0.5) is 5.95 Å². The average Bonchev–Trinajstić information content (AvgIpc) is 3.52. The molecule has 0 aromatic carbocycles. The highest BCUT2D eigenvalue weighted by atomic mass is 32.2. The summed E-state index contributed by atoms with van der Waals surface area (Å²) in [5.41, 5.74) is 0. The van der Waals surface area contributed by atoms with Crippen LogP contribution in [-0.4, -0.2) is 89.6 Å². The van der Waals surface area contributed by atoms with E-state index in [2.05, 4.69) is 33.5 Å². The van der Waals surface area contributed by atoms with E-state index in [1.54, 1.807) is 4.90 Å². The number of carbonyl (C=O) groups is 1. The van der Waals surface area contributed by atoms with Gasteiger partial charge in [-0.2, -0.15) is 0 Å². The molecule has 0 saturated carbocycles. The van der Waals surface area contributed by atoms with Crippen LogP contribution >= 0.6 is 11.8 Å². The highest BCUT2D eigenvalue weighted by molar-refractivity contribution is 7.99. The molecule has 2 unspecified atom stereocenters. The Morgan fingerprint density at radius 3 is 2.61 bits per heavy atom. The van der Waals surface area contributed by atoms with E-state index in [-0.39, 0.29) is 41.2 Å². The van der Waals surface area contributed by atoms with Crippen LogP contribution in [0.25, 0.3) is 0 Å². The summed E-state index contributed by atoms with van der Waals surface area (Å²) in [5, 5.41) is 9.70. The summed E-state index contributed by atoms with van der Waals surface area (Å²) in [6, 6.07) is -0.223. The zero-order valence-electron chi connectivity index (χ0n) is 19.8. The molecule has 1 aromatic heterocycles. The van der Waals surface area contributed by atoms with Gasteiger partial charge in [0.2, 0.25) is 11.9 Å². The maximum absolute atomic E-state index is 13.2. The normalized spacial score (nSPS) is 25.1. The van der Waals surface area contributed by atoms with E-state index in [1.807, 2.05) is 0 Å². The van der Waals surface area contributed by atoms with E-state index >= 15 is 0 Å². The number of sulfone groups is 1. The standard InChI is InChI=1S/C22H37N5O4S2/c1-17(2)13-26(18-8-12-33(29,30)16-18)20(28)15-32-22-24-23-21(25-9-4-3-5-10-25)27(22)14-19-7-6-11-31-19/h17-19H,3-16H2,1-2H3. The van der Waals surface area contributed by atoms with E-state index in [4.69, 9.17) is 4.74 Å². The van der Waals surface area contributed by atoms with E-state index in [9.17, 15) is 13.2 Å². The van der Waals surface area contributed by atoms with Crippen molar-refractivity contribution in [1.82, 2.24) is 19.7 Å². The van der Waals surface area contributed by atoms with Gasteiger partial charge in [-0.3, -0.25) is 9.36 Å². The Morgan fingerprint density at radius 2 is 1.97 bits per heavy atom. The molecule has 3 aliphatic rings. The first-order valence-electron chi connectivity index (χ1n) is 12.2. The highest BCUT2D eigenvalue weighted by Crippen LogP contribution is 2.28. The molecule has 0 radical (unpaired) electrons. The van der Waals surface area contributed by atoms with Gasteiger partial charge in [0.1, 0.15) is 0 Å². The zero-order chi connectivity index (χ0) is 23.4. The second-order valence-electron chi connectivity index (χ2n) is 9.86. The summed E-state index contributed by atoms with van der Waals surface area (Å²) in [6.45, 7) is 8.13. The van der Waals surface area contributed by atoms with Gasteiger partial charge in [0.25, 0.3) is 0 Å². The summed E-state index contributed by atoms with van der Waals surface area (Å²) < 4.78 is 32.0. The third-order valence-electron chi connectivity index (χ3n) is 6.60. The lowest BCUT2D eigenvalue weighted by atomic mass is 10.1. The fourth-order valence-electron chi connectivity index (χ4n) is 4.95. The van der Waals surface area contributed by atoms with Gasteiger partial charge in [-0.1, -0.05) is 25.6 Å². The van der Waals surface area contributed by atoms with E-state index in [0.717, 1.165) is 56.5 Å². The van der Waals surface area contributed by atoms with Crippen LogP contribution in [0, 0.1) is 5.92 Å². The maximum atomic E-state index is 13.2. The van der Waals surface area contributed by atoms with Gasteiger partial charge in [0.05, 0.1) is 29.9 Å². The lowest BCUT2D eigenvalue weighted by Gasteiger charge is -2.30. The van der Waals surface area contributed by atoms with Gasteiger partial charge in [-0.25, -0.2) is 8.42 Å². The lowest BCUT2D eigenvalue weighted by Crippen LogP contribution is -2.44. The highest BCUT2D eigenvalue weighted by Gasteiger charge is 2.35. The summed E-state index contributed by atoms with van der Waals surface area (Å²) >= 11 is 1.40. The molecule has 0 bridgehead atoms. The van der Waals surface area contributed by atoms with Crippen LogP contribution in [0.1, 0.15) is 52.4 Å². The Kier molecular flexibility index (Phi) is 8.22. The third-order valence-corrected chi connectivity index (χ3v) is 9.30. The topological polar surface area (TPSA) is 97.6 Å². The lowest BCUT2D eigenvalue weighted by molar-refractivity contribution is -0.130. The first-order valence-corrected chi connectivity index (χ1v) is 15.1. The summed E-state index contributed by atoms with van der Waals surface area (Å²) in [4.78, 5) is 17.3. The molecule has 3 fully saturated rings. The molecule has 0 N–H and O–H groups in total. The third kappa shape index (κ3) is 6.42. The van der Waals surface area contributed by atoms with E-state index in [1.165, 1.54) is 18.2 Å². The largest absolute Gasteiger partial charge is 0.376 e. The second-order valence-corrected chi connectivity index (χ2v) is 13.0. The number of piperidine rings is 1. The molecule has 186 valence electrons. The van der Waals surface area contributed by atoms with Crippen LogP contribution in [0.5, 0.6) is 0 Å². The molecule has 1 amide bonds. The first-order chi connectivity index (χ1) is 15.8.